The first-order valence-corrected chi connectivity index (χ1v) is 10.4. The summed E-state index contributed by atoms with van der Waals surface area (Å²) in [5.74, 6) is 2.18. The molecule has 2 rings (SSSR count). The van der Waals surface area contributed by atoms with Gasteiger partial charge in [-0.05, 0) is 37.8 Å². The molecule has 0 radical (unpaired) electrons. The lowest BCUT2D eigenvalue weighted by molar-refractivity contribution is -0.120. The number of benzene rings is 1. The molecule has 1 heterocycles. The van der Waals surface area contributed by atoms with Crippen molar-refractivity contribution in [2.45, 2.75) is 64.1 Å². The van der Waals surface area contributed by atoms with Gasteiger partial charge in [0.15, 0.2) is 11.0 Å². The standard InChI is InChI=1S/C20H30N4O2S/c1-5-12-21-19(25)16(4)27-20-23-22-18(24(20)13-11-15(2)3)14-26-17-9-7-6-8-10-17/h6-10,15-16H,5,11-14H2,1-4H3,(H,21,25). The minimum atomic E-state index is -0.221. The number of carbonyl (C=O) groups is 1. The zero-order valence-corrected chi connectivity index (χ0v) is 17.5. The molecule has 148 valence electrons. The predicted molar refractivity (Wildman–Crippen MR) is 109 cm³/mol. The number of amides is 1. The highest BCUT2D eigenvalue weighted by molar-refractivity contribution is 8.00. The second-order valence-corrected chi connectivity index (χ2v) is 8.19. The van der Waals surface area contributed by atoms with Crippen molar-refractivity contribution in [3.63, 3.8) is 0 Å². The van der Waals surface area contributed by atoms with Gasteiger partial charge in [0.25, 0.3) is 0 Å². The number of ether oxygens (including phenoxy) is 1. The summed E-state index contributed by atoms with van der Waals surface area (Å²) in [4.78, 5) is 12.2. The Balaban J connectivity index is 2.08. The highest BCUT2D eigenvalue weighted by Crippen LogP contribution is 2.24. The van der Waals surface area contributed by atoms with Gasteiger partial charge in [-0.1, -0.05) is 50.7 Å². The Bertz CT molecular complexity index is 703. The maximum atomic E-state index is 12.2. The highest BCUT2D eigenvalue weighted by Gasteiger charge is 2.20. The minimum Gasteiger partial charge on any atom is -0.486 e. The summed E-state index contributed by atoms with van der Waals surface area (Å²) in [5.41, 5.74) is 0. The molecule has 0 aliphatic carbocycles. The van der Waals surface area contributed by atoms with Crippen LogP contribution in [0, 0.1) is 5.92 Å². The van der Waals surface area contributed by atoms with Gasteiger partial charge in [0.05, 0.1) is 5.25 Å². The van der Waals surface area contributed by atoms with E-state index in [4.69, 9.17) is 4.74 Å². The van der Waals surface area contributed by atoms with Crippen molar-refractivity contribution in [1.82, 2.24) is 20.1 Å². The molecule has 0 fully saturated rings. The molecule has 1 aromatic heterocycles. The molecule has 6 nitrogen and oxygen atoms in total. The molecular formula is C20H30N4O2S. The van der Waals surface area contributed by atoms with Crippen LogP contribution in [0.3, 0.4) is 0 Å². The first kappa shape index (κ1) is 21.3. The van der Waals surface area contributed by atoms with E-state index < -0.39 is 0 Å². The quantitative estimate of drug-likeness (QED) is 0.589. The van der Waals surface area contributed by atoms with Crippen molar-refractivity contribution in [2.24, 2.45) is 5.92 Å². The van der Waals surface area contributed by atoms with Gasteiger partial charge in [-0.3, -0.25) is 4.79 Å². The summed E-state index contributed by atoms with van der Waals surface area (Å²) in [5, 5.41) is 12.1. The average molecular weight is 391 g/mol. The smallest absolute Gasteiger partial charge is 0.233 e. The van der Waals surface area contributed by atoms with Crippen molar-refractivity contribution < 1.29 is 9.53 Å². The van der Waals surface area contributed by atoms with Gasteiger partial charge in [-0.2, -0.15) is 0 Å². The topological polar surface area (TPSA) is 69.0 Å². The van der Waals surface area contributed by atoms with Gasteiger partial charge in [-0.25, -0.2) is 0 Å². The number of rotatable bonds is 11. The number of thioether (sulfide) groups is 1. The molecule has 0 aliphatic heterocycles. The Morgan fingerprint density at radius 3 is 2.63 bits per heavy atom. The van der Waals surface area contributed by atoms with Crippen molar-refractivity contribution in [1.29, 1.82) is 0 Å². The van der Waals surface area contributed by atoms with E-state index >= 15 is 0 Å². The molecule has 1 unspecified atom stereocenters. The monoisotopic (exact) mass is 390 g/mol. The Hall–Kier alpha value is -2.02. The van der Waals surface area contributed by atoms with E-state index in [-0.39, 0.29) is 11.2 Å². The first-order valence-electron chi connectivity index (χ1n) is 9.55. The van der Waals surface area contributed by atoms with Crippen LogP contribution in [0.5, 0.6) is 5.75 Å². The van der Waals surface area contributed by atoms with Crippen LogP contribution in [-0.4, -0.2) is 32.5 Å². The van der Waals surface area contributed by atoms with Gasteiger partial charge < -0.3 is 14.6 Å². The van der Waals surface area contributed by atoms with Crippen LogP contribution in [0.1, 0.15) is 46.4 Å². The molecule has 0 saturated heterocycles. The maximum absolute atomic E-state index is 12.2. The Labute approximate surface area is 166 Å². The van der Waals surface area contributed by atoms with Gasteiger partial charge in [0.2, 0.25) is 5.91 Å². The van der Waals surface area contributed by atoms with E-state index in [1.165, 1.54) is 11.8 Å². The molecule has 1 aromatic carbocycles. The van der Waals surface area contributed by atoms with Crippen LogP contribution in [-0.2, 0) is 17.9 Å². The predicted octanol–water partition coefficient (Wildman–Crippen LogP) is 3.91. The lowest BCUT2D eigenvalue weighted by Crippen LogP contribution is -2.31. The minimum absolute atomic E-state index is 0.0299. The number of nitrogens with one attached hydrogen (secondary N) is 1. The lowest BCUT2D eigenvalue weighted by atomic mass is 10.1. The molecule has 2 aromatic rings. The fraction of sp³-hybridized carbons (Fsp3) is 0.550. The van der Waals surface area contributed by atoms with Crippen LogP contribution in [0.4, 0.5) is 0 Å². The van der Waals surface area contributed by atoms with Gasteiger partial charge in [0, 0.05) is 13.1 Å². The lowest BCUT2D eigenvalue weighted by Gasteiger charge is -2.14. The molecule has 0 spiro atoms. The molecule has 27 heavy (non-hydrogen) atoms. The summed E-state index contributed by atoms with van der Waals surface area (Å²) in [6, 6.07) is 9.68. The largest absolute Gasteiger partial charge is 0.486 e. The molecule has 1 N–H and O–H groups in total. The second kappa shape index (κ2) is 11.0. The normalized spacial score (nSPS) is 12.2. The van der Waals surface area contributed by atoms with Crippen LogP contribution in [0.2, 0.25) is 0 Å². The van der Waals surface area contributed by atoms with Crippen molar-refractivity contribution >= 4 is 17.7 Å². The van der Waals surface area contributed by atoms with E-state index in [0.29, 0.717) is 19.1 Å². The van der Waals surface area contributed by atoms with Gasteiger partial charge >= 0.3 is 0 Å². The number of hydrogen-bond acceptors (Lipinski definition) is 5. The molecule has 1 atom stereocenters. The van der Waals surface area contributed by atoms with E-state index in [9.17, 15) is 4.79 Å². The van der Waals surface area contributed by atoms with Crippen LogP contribution >= 0.6 is 11.8 Å². The second-order valence-electron chi connectivity index (χ2n) is 6.89. The molecule has 0 aliphatic rings. The van der Waals surface area contributed by atoms with E-state index in [0.717, 1.165) is 36.1 Å². The first-order chi connectivity index (χ1) is 13.0. The summed E-state index contributed by atoms with van der Waals surface area (Å²) >= 11 is 1.44. The highest BCUT2D eigenvalue weighted by atomic mass is 32.2. The van der Waals surface area contributed by atoms with E-state index in [1.807, 2.05) is 44.2 Å². The average Bonchev–Trinajstić information content (AvgIpc) is 3.04. The van der Waals surface area contributed by atoms with Crippen molar-refractivity contribution in [2.75, 3.05) is 6.54 Å². The number of carbonyl (C=O) groups excluding carboxylic acids is 1. The zero-order valence-electron chi connectivity index (χ0n) is 16.6. The third-order valence-electron chi connectivity index (χ3n) is 4.04. The Morgan fingerprint density at radius 2 is 1.96 bits per heavy atom. The molecule has 0 bridgehead atoms. The zero-order chi connectivity index (χ0) is 19.6. The van der Waals surface area contributed by atoms with E-state index in [2.05, 4.69) is 33.9 Å². The molecule has 0 saturated carbocycles. The number of nitrogens with zero attached hydrogens (tertiary/aromatic N) is 3. The summed E-state index contributed by atoms with van der Waals surface area (Å²) in [6.07, 6.45) is 1.94. The third-order valence-corrected chi connectivity index (χ3v) is 5.12. The number of para-hydroxylation sites is 1. The summed E-state index contributed by atoms with van der Waals surface area (Å²) in [6.45, 7) is 10.2. The number of hydrogen-bond donors (Lipinski definition) is 1. The molecule has 7 heteroatoms. The van der Waals surface area contributed by atoms with Crippen molar-refractivity contribution in [3.05, 3.63) is 36.2 Å². The van der Waals surface area contributed by atoms with Crippen molar-refractivity contribution in [3.8, 4) is 5.75 Å². The Kier molecular flexibility index (Phi) is 8.64. The Morgan fingerprint density at radius 1 is 1.22 bits per heavy atom. The van der Waals surface area contributed by atoms with Crippen LogP contribution < -0.4 is 10.1 Å². The maximum Gasteiger partial charge on any atom is 0.233 e. The number of aromatic nitrogens is 3. The fourth-order valence-corrected chi connectivity index (χ4v) is 3.31. The van der Waals surface area contributed by atoms with Gasteiger partial charge in [-0.15, -0.1) is 10.2 Å². The van der Waals surface area contributed by atoms with Crippen LogP contribution in [0.25, 0.3) is 0 Å². The van der Waals surface area contributed by atoms with E-state index in [1.54, 1.807) is 0 Å². The molecular weight excluding hydrogens is 360 g/mol. The third kappa shape index (κ3) is 6.90. The van der Waals surface area contributed by atoms with Crippen LogP contribution in [0.15, 0.2) is 35.5 Å². The summed E-state index contributed by atoms with van der Waals surface area (Å²) < 4.78 is 7.93. The fourth-order valence-electron chi connectivity index (χ4n) is 2.39. The SMILES string of the molecule is CCCNC(=O)C(C)Sc1nnc(COc2ccccc2)n1CCC(C)C. The molecule has 1 amide bonds. The van der Waals surface area contributed by atoms with Gasteiger partial charge in [0.1, 0.15) is 12.4 Å². The summed E-state index contributed by atoms with van der Waals surface area (Å²) in [7, 11) is 0.